The van der Waals surface area contributed by atoms with E-state index in [-0.39, 0.29) is 0 Å². The number of aromatic nitrogens is 2. The Morgan fingerprint density at radius 3 is 2.64 bits per heavy atom. The number of nitrogens with zero attached hydrogens (tertiary/aromatic N) is 1. The SMILES string of the molecule is Cc1cc(NS(C)(=O)=O)[nH]n1. The zero-order valence-corrected chi connectivity index (χ0v) is 7.07. The van der Waals surface area contributed by atoms with Crippen LogP contribution < -0.4 is 4.72 Å². The molecule has 6 heteroatoms. The fourth-order valence-corrected chi connectivity index (χ4v) is 1.18. The average Bonchev–Trinajstić information content (AvgIpc) is 2.10. The van der Waals surface area contributed by atoms with E-state index in [2.05, 4.69) is 14.9 Å². The molecule has 0 saturated heterocycles. The van der Waals surface area contributed by atoms with E-state index < -0.39 is 10.0 Å². The van der Waals surface area contributed by atoms with E-state index in [4.69, 9.17) is 0 Å². The van der Waals surface area contributed by atoms with Crippen LogP contribution in [0, 0.1) is 6.92 Å². The molecule has 0 aliphatic rings. The van der Waals surface area contributed by atoms with Crippen LogP contribution in [-0.4, -0.2) is 24.9 Å². The van der Waals surface area contributed by atoms with Crippen LogP contribution in [0.3, 0.4) is 0 Å². The first-order valence-corrected chi connectivity index (χ1v) is 4.86. The predicted octanol–water partition coefficient (Wildman–Crippen LogP) is 0.0896. The van der Waals surface area contributed by atoms with Gasteiger partial charge in [-0.2, -0.15) is 5.10 Å². The maximum atomic E-state index is 10.7. The van der Waals surface area contributed by atoms with Crippen LogP contribution in [0.5, 0.6) is 0 Å². The molecule has 0 aromatic carbocycles. The quantitative estimate of drug-likeness (QED) is 0.669. The summed E-state index contributed by atoms with van der Waals surface area (Å²) in [4.78, 5) is 0. The third-order valence-electron chi connectivity index (χ3n) is 1.00. The molecule has 62 valence electrons. The molecule has 0 unspecified atom stereocenters. The van der Waals surface area contributed by atoms with Gasteiger partial charge in [0.2, 0.25) is 10.0 Å². The molecule has 5 nitrogen and oxygen atoms in total. The highest BCUT2D eigenvalue weighted by Gasteiger charge is 2.02. The van der Waals surface area contributed by atoms with Crippen molar-refractivity contribution in [3.8, 4) is 0 Å². The summed E-state index contributed by atoms with van der Waals surface area (Å²) in [5.74, 6) is 0.394. The van der Waals surface area contributed by atoms with Gasteiger partial charge in [-0.15, -0.1) is 0 Å². The lowest BCUT2D eigenvalue weighted by molar-refractivity contribution is 0.606. The molecular weight excluding hydrogens is 166 g/mol. The first-order chi connectivity index (χ1) is 4.97. The summed E-state index contributed by atoms with van der Waals surface area (Å²) < 4.78 is 23.6. The van der Waals surface area contributed by atoms with E-state index in [0.29, 0.717) is 5.82 Å². The molecule has 0 aliphatic heterocycles. The Hall–Kier alpha value is -1.04. The van der Waals surface area contributed by atoms with Gasteiger partial charge in [0.15, 0.2) is 0 Å². The lowest BCUT2D eigenvalue weighted by Crippen LogP contribution is -2.09. The number of H-pyrrole nitrogens is 1. The van der Waals surface area contributed by atoms with Gasteiger partial charge in [0, 0.05) is 6.07 Å². The minimum atomic E-state index is -3.19. The number of aromatic amines is 1. The van der Waals surface area contributed by atoms with Crippen molar-refractivity contribution in [2.24, 2.45) is 0 Å². The van der Waals surface area contributed by atoms with Crippen molar-refractivity contribution in [2.75, 3.05) is 11.0 Å². The van der Waals surface area contributed by atoms with Gasteiger partial charge in [-0.1, -0.05) is 0 Å². The van der Waals surface area contributed by atoms with Crippen molar-refractivity contribution in [3.63, 3.8) is 0 Å². The van der Waals surface area contributed by atoms with Crippen LogP contribution in [-0.2, 0) is 10.0 Å². The van der Waals surface area contributed by atoms with Crippen molar-refractivity contribution in [2.45, 2.75) is 6.92 Å². The van der Waals surface area contributed by atoms with Gasteiger partial charge in [0.05, 0.1) is 11.9 Å². The molecule has 1 rings (SSSR count). The summed E-state index contributed by atoms with van der Waals surface area (Å²) in [5.41, 5.74) is 0.746. The number of rotatable bonds is 2. The molecular formula is C5H9N3O2S. The average molecular weight is 175 g/mol. The van der Waals surface area contributed by atoms with E-state index in [9.17, 15) is 8.42 Å². The molecule has 11 heavy (non-hydrogen) atoms. The van der Waals surface area contributed by atoms with Gasteiger partial charge < -0.3 is 0 Å². The maximum absolute atomic E-state index is 10.7. The van der Waals surface area contributed by atoms with Crippen LogP contribution in [0.15, 0.2) is 6.07 Å². The van der Waals surface area contributed by atoms with Gasteiger partial charge in [-0.25, -0.2) is 8.42 Å². The Morgan fingerprint density at radius 2 is 2.27 bits per heavy atom. The summed E-state index contributed by atoms with van der Waals surface area (Å²) in [7, 11) is -3.19. The fourth-order valence-electron chi connectivity index (χ4n) is 0.674. The van der Waals surface area contributed by atoms with Crippen LogP contribution in [0.2, 0.25) is 0 Å². The van der Waals surface area contributed by atoms with Crippen molar-refractivity contribution >= 4 is 15.8 Å². The van der Waals surface area contributed by atoms with E-state index in [1.807, 2.05) is 0 Å². The van der Waals surface area contributed by atoms with E-state index in [0.717, 1.165) is 11.9 Å². The summed E-state index contributed by atoms with van der Waals surface area (Å²) >= 11 is 0. The van der Waals surface area contributed by atoms with Crippen molar-refractivity contribution in [1.29, 1.82) is 0 Å². The Labute approximate surface area is 64.9 Å². The number of hydrogen-bond donors (Lipinski definition) is 2. The minimum Gasteiger partial charge on any atom is -0.268 e. The van der Waals surface area contributed by atoms with Gasteiger partial charge >= 0.3 is 0 Å². The van der Waals surface area contributed by atoms with Crippen LogP contribution in [0.25, 0.3) is 0 Å². The second kappa shape index (κ2) is 2.54. The monoisotopic (exact) mass is 175 g/mol. The Balaban J connectivity index is 2.81. The third-order valence-corrected chi connectivity index (χ3v) is 1.59. The summed E-state index contributed by atoms with van der Waals surface area (Å²) in [5, 5.41) is 6.27. The predicted molar refractivity (Wildman–Crippen MR) is 41.8 cm³/mol. The van der Waals surface area contributed by atoms with E-state index >= 15 is 0 Å². The molecule has 0 bridgehead atoms. The van der Waals surface area contributed by atoms with Crippen molar-refractivity contribution in [1.82, 2.24) is 10.2 Å². The first kappa shape index (κ1) is 8.06. The topological polar surface area (TPSA) is 74.8 Å². The van der Waals surface area contributed by atoms with Gasteiger partial charge in [0.25, 0.3) is 0 Å². The number of hydrogen-bond acceptors (Lipinski definition) is 3. The Bertz CT molecular complexity index is 340. The largest absolute Gasteiger partial charge is 0.268 e. The normalized spacial score (nSPS) is 11.5. The second-order valence-corrected chi connectivity index (χ2v) is 4.05. The highest BCUT2D eigenvalue weighted by Crippen LogP contribution is 2.04. The zero-order valence-electron chi connectivity index (χ0n) is 6.25. The number of anilines is 1. The smallest absolute Gasteiger partial charge is 0.230 e. The Kier molecular flexibility index (Phi) is 1.86. The molecule has 1 heterocycles. The Morgan fingerprint density at radius 1 is 1.64 bits per heavy atom. The zero-order chi connectivity index (χ0) is 8.48. The van der Waals surface area contributed by atoms with Gasteiger partial charge in [0.1, 0.15) is 5.82 Å². The minimum absolute atomic E-state index is 0.394. The van der Waals surface area contributed by atoms with Crippen LogP contribution >= 0.6 is 0 Å². The number of aryl methyl sites for hydroxylation is 1. The van der Waals surface area contributed by atoms with Crippen LogP contribution in [0.4, 0.5) is 5.82 Å². The summed E-state index contributed by atoms with van der Waals surface area (Å²) in [6.45, 7) is 1.77. The highest BCUT2D eigenvalue weighted by molar-refractivity contribution is 7.92. The molecule has 0 saturated carbocycles. The number of sulfonamides is 1. The lowest BCUT2D eigenvalue weighted by atomic mass is 10.5. The number of nitrogens with one attached hydrogen (secondary N) is 2. The maximum Gasteiger partial charge on any atom is 0.230 e. The second-order valence-electron chi connectivity index (χ2n) is 2.30. The van der Waals surface area contributed by atoms with Gasteiger partial charge in [-0.3, -0.25) is 9.82 Å². The summed E-state index contributed by atoms with van der Waals surface area (Å²) in [6, 6.07) is 1.61. The van der Waals surface area contributed by atoms with Crippen LogP contribution in [0.1, 0.15) is 5.69 Å². The van der Waals surface area contributed by atoms with Crippen molar-refractivity contribution in [3.05, 3.63) is 11.8 Å². The fraction of sp³-hybridized carbons (Fsp3) is 0.400. The highest BCUT2D eigenvalue weighted by atomic mass is 32.2. The molecule has 0 radical (unpaired) electrons. The lowest BCUT2D eigenvalue weighted by Gasteiger charge is -1.96. The standard InChI is InChI=1S/C5H9N3O2S/c1-4-3-5(7-6-4)8-11(2,9)10/h3H,1-2H3,(H2,6,7,8). The van der Waals surface area contributed by atoms with Gasteiger partial charge in [-0.05, 0) is 6.92 Å². The molecule has 0 aliphatic carbocycles. The molecule has 0 atom stereocenters. The van der Waals surface area contributed by atoms with E-state index in [1.165, 1.54) is 0 Å². The molecule has 1 aromatic rings. The third kappa shape index (κ3) is 2.58. The summed E-state index contributed by atoms with van der Waals surface area (Å²) in [6.07, 6.45) is 1.09. The van der Waals surface area contributed by atoms with Crippen molar-refractivity contribution < 1.29 is 8.42 Å². The molecule has 0 fully saturated rings. The first-order valence-electron chi connectivity index (χ1n) is 2.97. The van der Waals surface area contributed by atoms with E-state index in [1.54, 1.807) is 13.0 Å². The molecule has 2 N–H and O–H groups in total. The molecule has 0 amide bonds. The molecule has 0 spiro atoms. The molecule has 1 aromatic heterocycles.